The molecule has 0 amide bonds. The van der Waals surface area contributed by atoms with Crippen LogP contribution < -0.4 is 4.74 Å². The number of ether oxygens (including phenoxy) is 1. The van der Waals surface area contributed by atoms with Crippen LogP contribution in [-0.2, 0) is 13.7 Å². The molecule has 1 heterocycles. The molecule has 6 heteroatoms. The highest BCUT2D eigenvalue weighted by Crippen LogP contribution is 2.26. The lowest BCUT2D eigenvalue weighted by Gasteiger charge is -2.10. The zero-order chi connectivity index (χ0) is 14.9. The maximum Gasteiger partial charge on any atom is 0.163 e. The standard InChI is InChI=1S/C14H14Cl2N2O2/c1-8-12(14(16)18(3)17-8)7-20-13-5-4-10(15)6-11(13)9(2)19/h4-6H,7H2,1-3H3. The Kier molecular flexibility index (Phi) is 4.35. The summed E-state index contributed by atoms with van der Waals surface area (Å²) >= 11 is 12.0. The molecule has 0 atom stereocenters. The van der Waals surface area contributed by atoms with Crippen LogP contribution in [0.15, 0.2) is 18.2 Å². The van der Waals surface area contributed by atoms with Gasteiger partial charge in [-0.3, -0.25) is 9.48 Å². The highest BCUT2D eigenvalue weighted by atomic mass is 35.5. The van der Waals surface area contributed by atoms with Gasteiger partial charge in [-0.25, -0.2) is 0 Å². The molecule has 0 spiro atoms. The molecule has 106 valence electrons. The van der Waals surface area contributed by atoms with E-state index in [4.69, 9.17) is 27.9 Å². The number of nitrogens with zero attached hydrogens (tertiary/aromatic N) is 2. The fourth-order valence-corrected chi connectivity index (χ4v) is 2.29. The Hall–Kier alpha value is -1.52. The van der Waals surface area contributed by atoms with Crippen LogP contribution in [-0.4, -0.2) is 15.6 Å². The zero-order valence-corrected chi connectivity index (χ0v) is 12.9. The van der Waals surface area contributed by atoms with E-state index in [2.05, 4.69) is 5.10 Å². The Morgan fingerprint density at radius 1 is 1.40 bits per heavy atom. The second-order valence-electron chi connectivity index (χ2n) is 4.46. The minimum absolute atomic E-state index is 0.100. The predicted molar refractivity (Wildman–Crippen MR) is 78.7 cm³/mol. The number of rotatable bonds is 4. The van der Waals surface area contributed by atoms with Gasteiger partial charge in [-0.1, -0.05) is 23.2 Å². The quantitative estimate of drug-likeness (QED) is 0.806. The Morgan fingerprint density at radius 3 is 2.65 bits per heavy atom. The lowest BCUT2D eigenvalue weighted by atomic mass is 10.1. The summed E-state index contributed by atoms with van der Waals surface area (Å²) in [6, 6.07) is 4.95. The molecule has 1 aromatic carbocycles. The van der Waals surface area contributed by atoms with Gasteiger partial charge in [0.1, 0.15) is 17.5 Å². The summed E-state index contributed by atoms with van der Waals surface area (Å²) in [7, 11) is 1.77. The molecule has 0 saturated carbocycles. The van der Waals surface area contributed by atoms with Crippen LogP contribution in [0.2, 0.25) is 10.2 Å². The van der Waals surface area contributed by atoms with E-state index in [1.54, 1.807) is 29.9 Å². The van der Waals surface area contributed by atoms with Gasteiger partial charge in [-0.2, -0.15) is 5.10 Å². The molecule has 0 radical (unpaired) electrons. The molecular weight excluding hydrogens is 299 g/mol. The summed E-state index contributed by atoms with van der Waals surface area (Å²) in [5, 5.41) is 5.24. The average Bonchev–Trinajstić information content (AvgIpc) is 2.62. The molecule has 0 aliphatic heterocycles. The molecule has 2 rings (SSSR count). The molecule has 0 aliphatic carbocycles. The second kappa shape index (κ2) is 5.85. The van der Waals surface area contributed by atoms with Crippen LogP contribution in [0.25, 0.3) is 0 Å². The first-order valence-corrected chi connectivity index (χ1v) is 6.77. The zero-order valence-electron chi connectivity index (χ0n) is 11.4. The monoisotopic (exact) mass is 312 g/mol. The molecule has 0 bridgehead atoms. The SMILES string of the molecule is CC(=O)c1cc(Cl)ccc1OCc1c(C)nn(C)c1Cl. The fraction of sp³-hybridized carbons (Fsp3) is 0.286. The second-order valence-corrected chi connectivity index (χ2v) is 5.26. The van der Waals surface area contributed by atoms with Crippen molar-refractivity contribution in [2.24, 2.45) is 7.05 Å². The maximum atomic E-state index is 11.6. The van der Waals surface area contributed by atoms with Gasteiger partial charge in [0, 0.05) is 17.6 Å². The number of benzene rings is 1. The summed E-state index contributed by atoms with van der Waals surface area (Å²) in [6.07, 6.45) is 0. The first-order valence-electron chi connectivity index (χ1n) is 6.01. The summed E-state index contributed by atoms with van der Waals surface area (Å²) in [5.74, 6) is 0.387. The van der Waals surface area contributed by atoms with Crippen LogP contribution in [0.5, 0.6) is 5.75 Å². The van der Waals surface area contributed by atoms with Gasteiger partial charge < -0.3 is 4.74 Å². The van der Waals surface area contributed by atoms with E-state index in [1.807, 2.05) is 6.92 Å². The van der Waals surface area contributed by atoms with Crippen LogP contribution in [0.4, 0.5) is 0 Å². The van der Waals surface area contributed by atoms with Crippen molar-refractivity contribution in [2.45, 2.75) is 20.5 Å². The number of Topliss-reactive ketones (excluding diaryl/α,β-unsaturated/α-hetero) is 1. The molecular formula is C14H14Cl2N2O2. The smallest absolute Gasteiger partial charge is 0.163 e. The van der Waals surface area contributed by atoms with Crippen molar-refractivity contribution in [3.8, 4) is 5.75 Å². The first-order chi connectivity index (χ1) is 9.40. The van der Waals surface area contributed by atoms with E-state index >= 15 is 0 Å². The van der Waals surface area contributed by atoms with Gasteiger partial charge in [0.2, 0.25) is 0 Å². The van der Waals surface area contributed by atoms with E-state index in [0.29, 0.717) is 21.5 Å². The highest BCUT2D eigenvalue weighted by Gasteiger charge is 2.14. The minimum Gasteiger partial charge on any atom is -0.488 e. The summed E-state index contributed by atoms with van der Waals surface area (Å²) in [4.78, 5) is 11.6. The molecule has 0 N–H and O–H groups in total. The van der Waals surface area contributed by atoms with Crippen molar-refractivity contribution in [3.63, 3.8) is 0 Å². The predicted octanol–water partition coefficient (Wildman–Crippen LogP) is 3.82. The van der Waals surface area contributed by atoms with E-state index < -0.39 is 0 Å². The Labute approximate surface area is 127 Å². The topological polar surface area (TPSA) is 44.1 Å². The van der Waals surface area contributed by atoms with Crippen molar-refractivity contribution in [1.29, 1.82) is 0 Å². The number of carbonyl (C=O) groups is 1. The molecule has 1 aromatic heterocycles. The van der Waals surface area contributed by atoms with Gasteiger partial charge in [0.05, 0.1) is 11.3 Å². The van der Waals surface area contributed by atoms with Gasteiger partial charge in [0.25, 0.3) is 0 Å². The normalized spacial score (nSPS) is 10.7. The van der Waals surface area contributed by atoms with Gasteiger partial charge in [0.15, 0.2) is 5.78 Å². The molecule has 0 saturated heterocycles. The molecule has 4 nitrogen and oxygen atoms in total. The molecule has 0 aliphatic rings. The average molecular weight is 313 g/mol. The van der Waals surface area contributed by atoms with Crippen LogP contribution in [0, 0.1) is 6.92 Å². The maximum absolute atomic E-state index is 11.6. The number of hydrogen-bond donors (Lipinski definition) is 0. The van der Waals surface area contributed by atoms with E-state index in [0.717, 1.165) is 11.3 Å². The minimum atomic E-state index is -0.100. The van der Waals surface area contributed by atoms with Crippen molar-refractivity contribution >= 4 is 29.0 Å². The van der Waals surface area contributed by atoms with E-state index in [-0.39, 0.29) is 12.4 Å². The van der Waals surface area contributed by atoms with E-state index in [1.165, 1.54) is 6.92 Å². The Balaban J connectivity index is 2.25. The molecule has 0 unspecified atom stereocenters. The van der Waals surface area contributed by atoms with Gasteiger partial charge >= 0.3 is 0 Å². The molecule has 20 heavy (non-hydrogen) atoms. The van der Waals surface area contributed by atoms with Crippen molar-refractivity contribution in [1.82, 2.24) is 9.78 Å². The summed E-state index contributed by atoms with van der Waals surface area (Å²) < 4.78 is 7.28. The van der Waals surface area contributed by atoms with Gasteiger partial charge in [-0.15, -0.1) is 0 Å². The Bertz CT molecular complexity index is 665. The highest BCUT2D eigenvalue weighted by molar-refractivity contribution is 6.31. The third kappa shape index (κ3) is 2.97. The molecule has 2 aromatic rings. The lowest BCUT2D eigenvalue weighted by Crippen LogP contribution is -2.02. The lowest BCUT2D eigenvalue weighted by molar-refractivity contribution is 0.101. The number of halogens is 2. The fourth-order valence-electron chi connectivity index (χ4n) is 1.89. The third-order valence-corrected chi connectivity index (χ3v) is 3.67. The number of aromatic nitrogens is 2. The van der Waals surface area contributed by atoms with Crippen molar-refractivity contribution in [3.05, 3.63) is 45.2 Å². The summed E-state index contributed by atoms with van der Waals surface area (Å²) in [6.45, 7) is 3.58. The van der Waals surface area contributed by atoms with Crippen molar-refractivity contribution < 1.29 is 9.53 Å². The van der Waals surface area contributed by atoms with Crippen LogP contribution >= 0.6 is 23.2 Å². The van der Waals surface area contributed by atoms with Gasteiger partial charge in [-0.05, 0) is 32.0 Å². The molecule has 0 fully saturated rings. The van der Waals surface area contributed by atoms with Crippen LogP contribution in [0.3, 0.4) is 0 Å². The number of ketones is 1. The van der Waals surface area contributed by atoms with E-state index in [9.17, 15) is 4.79 Å². The number of carbonyl (C=O) groups excluding carboxylic acids is 1. The number of hydrogen-bond acceptors (Lipinski definition) is 3. The summed E-state index contributed by atoms with van der Waals surface area (Å²) in [5.41, 5.74) is 2.06. The van der Waals surface area contributed by atoms with Crippen LogP contribution in [0.1, 0.15) is 28.5 Å². The Morgan fingerprint density at radius 2 is 2.10 bits per heavy atom. The third-order valence-electron chi connectivity index (χ3n) is 2.96. The van der Waals surface area contributed by atoms with Crippen molar-refractivity contribution in [2.75, 3.05) is 0 Å². The largest absolute Gasteiger partial charge is 0.488 e. The number of aryl methyl sites for hydroxylation is 2. The first kappa shape index (κ1) is 14.9.